The molecular formula is C22H33IN4O2. The van der Waals surface area contributed by atoms with Gasteiger partial charge in [-0.3, -0.25) is 19.5 Å². The summed E-state index contributed by atoms with van der Waals surface area (Å²) in [5.74, 6) is 2.12. The molecule has 0 aromatic heterocycles. The molecule has 0 spiro atoms. The van der Waals surface area contributed by atoms with Crippen LogP contribution in [-0.2, 0) is 0 Å². The Morgan fingerprint density at radius 1 is 1.17 bits per heavy atom. The second kappa shape index (κ2) is 10.9. The lowest BCUT2D eigenvalue weighted by molar-refractivity contribution is 0.0652. The number of unbranched alkanes of at least 4 members (excludes halogenated alkanes) is 1. The van der Waals surface area contributed by atoms with Gasteiger partial charge in [-0.05, 0) is 49.7 Å². The first-order chi connectivity index (χ1) is 13.5. The van der Waals surface area contributed by atoms with E-state index in [-0.39, 0.29) is 35.8 Å². The van der Waals surface area contributed by atoms with Gasteiger partial charge in [0.1, 0.15) is 0 Å². The van der Waals surface area contributed by atoms with Crippen LogP contribution in [0.25, 0.3) is 0 Å². The lowest BCUT2D eigenvalue weighted by Gasteiger charge is -2.22. The van der Waals surface area contributed by atoms with Crippen molar-refractivity contribution in [1.29, 1.82) is 0 Å². The maximum atomic E-state index is 12.4. The van der Waals surface area contributed by atoms with Crippen LogP contribution in [0.5, 0.6) is 0 Å². The van der Waals surface area contributed by atoms with Gasteiger partial charge in [0.05, 0.1) is 11.1 Å². The van der Waals surface area contributed by atoms with Crippen molar-refractivity contribution in [1.82, 2.24) is 15.1 Å². The Balaban J connectivity index is 0.00000300. The molecule has 0 saturated carbocycles. The summed E-state index contributed by atoms with van der Waals surface area (Å²) in [6.07, 6.45) is 4.17. The number of fused-ring (bicyclic) bond motifs is 1. The number of aliphatic imine (C=N–C) groups is 1. The van der Waals surface area contributed by atoms with E-state index in [1.54, 1.807) is 24.3 Å². The maximum absolute atomic E-state index is 12.4. The van der Waals surface area contributed by atoms with E-state index in [2.05, 4.69) is 29.1 Å². The quantitative estimate of drug-likeness (QED) is 0.199. The average molecular weight is 512 g/mol. The number of rotatable bonds is 7. The molecular weight excluding hydrogens is 479 g/mol. The smallest absolute Gasteiger partial charge is 0.261 e. The van der Waals surface area contributed by atoms with Crippen LogP contribution in [0.3, 0.4) is 0 Å². The topological polar surface area (TPSA) is 65.0 Å². The molecule has 1 aromatic rings. The summed E-state index contributed by atoms with van der Waals surface area (Å²) in [7, 11) is 1.83. The maximum Gasteiger partial charge on any atom is 0.261 e. The van der Waals surface area contributed by atoms with Gasteiger partial charge < -0.3 is 10.2 Å². The van der Waals surface area contributed by atoms with Crippen LogP contribution in [0.2, 0.25) is 0 Å². The van der Waals surface area contributed by atoms with E-state index in [1.807, 2.05) is 7.05 Å². The summed E-state index contributed by atoms with van der Waals surface area (Å²) < 4.78 is 0. The normalized spacial score (nSPS) is 19.0. The predicted octanol–water partition coefficient (Wildman–Crippen LogP) is 3.62. The minimum Gasteiger partial charge on any atom is -0.356 e. The molecule has 0 radical (unpaired) electrons. The Morgan fingerprint density at radius 3 is 2.41 bits per heavy atom. The van der Waals surface area contributed by atoms with Crippen molar-refractivity contribution in [2.24, 2.45) is 16.8 Å². The monoisotopic (exact) mass is 512 g/mol. The molecule has 6 nitrogen and oxygen atoms in total. The minimum atomic E-state index is -0.169. The van der Waals surface area contributed by atoms with Gasteiger partial charge in [0.25, 0.3) is 11.8 Å². The zero-order valence-corrected chi connectivity index (χ0v) is 20.0. The Kier molecular flexibility index (Phi) is 8.92. The molecule has 29 heavy (non-hydrogen) atoms. The first-order valence-corrected chi connectivity index (χ1v) is 10.4. The molecule has 2 amide bonds. The first kappa shape index (κ1) is 23.6. The Labute approximate surface area is 191 Å². The van der Waals surface area contributed by atoms with Crippen molar-refractivity contribution in [2.75, 3.05) is 33.2 Å². The van der Waals surface area contributed by atoms with E-state index in [1.165, 1.54) is 17.7 Å². The number of nitrogens with zero attached hydrogens (tertiary/aromatic N) is 3. The molecule has 1 aromatic carbocycles. The molecule has 160 valence electrons. The zero-order chi connectivity index (χ0) is 20.1. The fourth-order valence-electron chi connectivity index (χ4n) is 4.25. The van der Waals surface area contributed by atoms with Gasteiger partial charge in [-0.25, -0.2) is 0 Å². The second-order valence-corrected chi connectivity index (χ2v) is 8.22. The van der Waals surface area contributed by atoms with E-state index >= 15 is 0 Å². The standard InChI is InChI=1S/C22H32N4O2.HI/c1-16(2)14-17-10-13-25(15-17)22(23-3)24-11-6-7-12-26-20(27)18-8-4-5-9-19(18)21(26)28;/h4-5,8-9,16-17H,6-7,10-15H2,1-3H3,(H,23,24);1H. The zero-order valence-electron chi connectivity index (χ0n) is 17.7. The van der Waals surface area contributed by atoms with E-state index in [4.69, 9.17) is 0 Å². The Bertz CT molecular complexity index is 715. The lowest BCUT2D eigenvalue weighted by Crippen LogP contribution is -2.40. The molecule has 7 heteroatoms. The van der Waals surface area contributed by atoms with Crippen LogP contribution in [0.15, 0.2) is 29.3 Å². The lowest BCUT2D eigenvalue weighted by atomic mass is 9.97. The fraction of sp³-hybridized carbons (Fsp3) is 0.591. The molecule has 1 atom stereocenters. The highest BCUT2D eigenvalue weighted by molar-refractivity contribution is 14.0. The Morgan fingerprint density at radius 2 is 1.83 bits per heavy atom. The number of imide groups is 1. The summed E-state index contributed by atoms with van der Waals surface area (Å²) in [6.45, 7) is 7.96. The number of carbonyl (C=O) groups excluding carboxylic acids is 2. The molecule has 0 aliphatic carbocycles. The van der Waals surface area contributed by atoms with Crippen molar-refractivity contribution in [2.45, 2.75) is 39.5 Å². The van der Waals surface area contributed by atoms with Crippen molar-refractivity contribution in [3.8, 4) is 0 Å². The summed E-state index contributed by atoms with van der Waals surface area (Å²) in [5.41, 5.74) is 1.05. The van der Waals surface area contributed by atoms with Crippen LogP contribution in [0.1, 0.15) is 60.2 Å². The number of hydrogen-bond donors (Lipinski definition) is 1. The summed E-state index contributed by atoms with van der Waals surface area (Å²) >= 11 is 0. The SMILES string of the molecule is CN=C(NCCCCN1C(=O)c2ccccc2C1=O)N1CCC(CC(C)C)C1.I. The first-order valence-electron chi connectivity index (χ1n) is 10.4. The minimum absolute atomic E-state index is 0. The van der Waals surface area contributed by atoms with E-state index in [0.717, 1.165) is 50.3 Å². The van der Waals surface area contributed by atoms with Gasteiger partial charge in [0, 0.05) is 33.2 Å². The molecule has 1 N–H and O–H groups in total. The molecule has 3 rings (SSSR count). The van der Waals surface area contributed by atoms with Crippen LogP contribution >= 0.6 is 24.0 Å². The number of guanidine groups is 1. The van der Waals surface area contributed by atoms with Gasteiger partial charge >= 0.3 is 0 Å². The molecule has 2 aliphatic rings. The third-order valence-corrected chi connectivity index (χ3v) is 5.57. The number of benzene rings is 1. The van der Waals surface area contributed by atoms with Crippen LogP contribution < -0.4 is 5.32 Å². The number of halogens is 1. The molecule has 1 saturated heterocycles. The third-order valence-electron chi connectivity index (χ3n) is 5.57. The number of amides is 2. The predicted molar refractivity (Wildman–Crippen MR) is 127 cm³/mol. The van der Waals surface area contributed by atoms with Crippen molar-refractivity contribution >= 4 is 41.8 Å². The fourth-order valence-corrected chi connectivity index (χ4v) is 4.25. The second-order valence-electron chi connectivity index (χ2n) is 8.22. The van der Waals surface area contributed by atoms with Crippen molar-refractivity contribution < 1.29 is 9.59 Å². The van der Waals surface area contributed by atoms with Gasteiger partial charge in [-0.1, -0.05) is 26.0 Å². The number of nitrogens with one attached hydrogen (secondary N) is 1. The highest BCUT2D eigenvalue weighted by atomic mass is 127. The molecule has 2 heterocycles. The van der Waals surface area contributed by atoms with E-state index in [0.29, 0.717) is 17.7 Å². The van der Waals surface area contributed by atoms with E-state index < -0.39 is 0 Å². The van der Waals surface area contributed by atoms with Gasteiger partial charge in [0.15, 0.2) is 5.96 Å². The highest BCUT2D eigenvalue weighted by Crippen LogP contribution is 2.24. The average Bonchev–Trinajstić information content (AvgIpc) is 3.22. The largest absolute Gasteiger partial charge is 0.356 e. The third kappa shape index (κ3) is 5.71. The van der Waals surface area contributed by atoms with Crippen LogP contribution in [-0.4, -0.2) is 60.8 Å². The Hall–Kier alpha value is -1.64. The van der Waals surface area contributed by atoms with Crippen LogP contribution in [0, 0.1) is 11.8 Å². The molecule has 0 bridgehead atoms. The van der Waals surface area contributed by atoms with Gasteiger partial charge in [-0.15, -0.1) is 24.0 Å². The number of hydrogen-bond acceptors (Lipinski definition) is 3. The van der Waals surface area contributed by atoms with Crippen molar-refractivity contribution in [3.63, 3.8) is 0 Å². The van der Waals surface area contributed by atoms with E-state index in [9.17, 15) is 9.59 Å². The molecule has 1 unspecified atom stereocenters. The van der Waals surface area contributed by atoms with Crippen LogP contribution in [0.4, 0.5) is 0 Å². The summed E-state index contributed by atoms with van der Waals surface area (Å²) in [4.78, 5) is 32.9. The van der Waals surface area contributed by atoms with Gasteiger partial charge in [0.2, 0.25) is 0 Å². The van der Waals surface area contributed by atoms with Gasteiger partial charge in [-0.2, -0.15) is 0 Å². The molecule has 1 fully saturated rings. The summed E-state index contributed by atoms with van der Waals surface area (Å²) in [6, 6.07) is 7.05. The van der Waals surface area contributed by atoms with Crippen molar-refractivity contribution in [3.05, 3.63) is 35.4 Å². The number of likely N-dealkylation sites (tertiary alicyclic amines) is 1. The number of carbonyl (C=O) groups is 2. The summed E-state index contributed by atoms with van der Waals surface area (Å²) in [5, 5.41) is 3.44. The highest BCUT2D eigenvalue weighted by Gasteiger charge is 2.34. The molecule has 2 aliphatic heterocycles.